The van der Waals surface area contributed by atoms with Crippen LogP contribution < -0.4 is 4.80 Å². The van der Waals surface area contributed by atoms with E-state index in [1.165, 1.54) is 0 Å². The quantitative estimate of drug-likeness (QED) is 0.724. The van der Waals surface area contributed by atoms with Crippen molar-refractivity contribution in [3.8, 4) is 0 Å². The van der Waals surface area contributed by atoms with Crippen molar-refractivity contribution in [2.45, 2.75) is 26.3 Å². The van der Waals surface area contributed by atoms with Gasteiger partial charge in [-0.25, -0.2) is 0 Å². The second kappa shape index (κ2) is 6.46. The maximum absolute atomic E-state index is 5.77. The van der Waals surface area contributed by atoms with E-state index in [-0.39, 0.29) is 12.4 Å². The first-order valence-corrected chi connectivity index (χ1v) is 5.48. The van der Waals surface area contributed by atoms with E-state index >= 15 is 0 Å². The van der Waals surface area contributed by atoms with E-state index in [9.17, 15) is 0 Å². The fraction of sp³-hybridized carbons (Fsp3) is 0.625. The summed E-state index contributed by atoms with van der Waals surface area (Å²) in [6.45, 7) is 5.93. The van der Waals surface area contributed by atoms with Gasteiger partial charge in [0.25, 0.3) is 0 Å². The van der Waals surface area contributed by atoms with Gasteiger partial charge in [0, 0.05) is 24.2 Å². The van der Waals surface area contributed by atoms with E-state index in [0.717, 1.165) is 23.6 Å². The molecule has 0 amide bonds. The van der Waals surface area contributed by atoms with E-state index in [0.29, 0.717) is 5.88 Å². The van der Waals surface area contributed by atoms with Crippen LogP contribution in [0.25, 0.3) is 0 Å². The van der Waals surface area contributed by atoms with Gasteiger partial charge in [-0.3, -0.25) is 4.99 Å². The minimum atomic E-state index is 0. The monoisotopic (exact) mass is 240 g/mol. The molecular weight excluding hydrogens is 227 g/mol. The topological polar surface area (TPSA) is 17.3 Å². The summed E-state index contributed by atoms with van der Waals surface area (Å²) in [6, 6.07) is 0. The lowest BCUT2D eigenvalue weighted by atomic mass is 10.5. The molecule has 13 heavy (non-hydrogen) atoms. The van der Waals surface area contributed by atoms with Crippen LogP contribution >= 0.6 is 35.3 Å². The second-order valence-corrected chi connectivity index (χ2v) is 3.47. The van der Waals surface area contributed by atoms with Gasteiger partial charge in [0.15, 0.2) is 4.80 Å². The first-order chi connectivity index (χ1) is 5.83. The molecule has 76 valence electrons. The molecule has 1 heterocycles. The third kappa shape index (κ3) is 3.01. The summed E-state index contributed by atoms with van der Waals surface area (Å²) >= 11 is 7.43. The van der Waals surface area contributed by atoms with Crippen LogP contribution in [0, 0.1) is 0 Å². The van der Waals surface area contributed by atoms with Crippen molar-refractivity contribution in [2.75, 3.05) is 6.54 Å². The SMILES string of the molecule is CC/N=c1\scc(CCl)n1CC.Cl. The maximum atomic E-state index is 5.77. The predicted octanol–water partition coefficient (Wildman–Crippen LogP) is 2.65. The lowest BCUT2D eigenvalue weighted by Gasteiger charge is -2.00. The molecule has 0 spiro atoms. The molecule has 0 saturated heterocycles. The molecule has 1 rings (SSSR count). The fourth-order valence-electron chi connectivity index (χ4n) is 1.07. The van der Waals surface area contributed by atoms with E-state index in [4.69, 9.17) is 11.6 Å². The molecule has 0 saturated carbocycles. The number of alkyl halides is 1. The van der Waals surface area contributed by atoms with Crippen molar-refractivity contribution in [1.82, 2.24) is 4.57 Å². The van der Waals surface area contributed by atoms with Gasteiger partial charge in [0.1, 0.15) is 0 Å². The van der Waals surface area contributed by atoms with Crippen LogP contribution in [0.15, 0.2) is 10.4 Å². The van der Waals surface area contributed by atoms with Crippen LogP contribution in [0.2, 0.25) is 0 Å². The third-order valence-corrected chi connectivity index (χ3v) is 2.85. The predicted molar refractivity (Wildman–Crippen MR) is 60.9 cm³/mol. The summed E-state index contributed by atoms with van der Waals surface area (Å²) in [7, 11) is 0. The first-order valence-electron chi connectivity index (χ1n) is 4.07. The van der Waals surface area contributed by atoms with Crippen LogP contribution in [0.5, 0.6) is 0 Å². The summed E-state index contributed by atoms with van der Waals surface area (Å²) < 4.78 is 2.15. The highest BCUT2D eigenvalue weighted by atomic mass is 35.5. The Morgan fingerprint density at radius 1 is 1.54 bits per heavy atom. The van der Waals surface area contributed by atoms with Crippen molar-refractivity contribution in [2.24, 2.45) is 4.99 Å². The zero-order valence-electron chi connectivity index (χ0n) is 7.79. The molecule has 1 aromatic heterocycles. The van der Waals surface area contributed by atoms with Crippen LogP contribution in [0.3, 0.4) is 0 Å². The molecule has 0 bridgehead atoms. The number of thiazole rings is 1. The Balaban J connectivity index is 0.00000144. The van der Waals surface area contributed by atoms with Gasteiger partial charge in [0.2, 0.25) is 0 Å². The Bertz CT molecular complexity index is 303. The zero-order valence-corrected chi connectivity index (χ0v) is 10.2. The third-order valence-electron chi connectivity index (χ3n) is 1.62. The van der Waals surface area contributed by atoms with Crippen LogP contribution in [-0.4, -0.2) is 11.1 Å². The molecule has 0 aliphatic carbocycles. The Hall–Kier alpha value is 0.01000. The average Bonchev–Trinajstić information content (AvgIpc) is 2.47. The molecule has 0 N–H and O–H groups in total. The Morgan fingerprint density at radius 3 is 2.69 bits per heavy atom. The molecule has 0 atom stereocenters. The highest BCUT2D eigenvalue weighted by Crippen LogP contribution is 2.04. The largest absolute Gasteiger partial charge is 0.320 e. The smallest absolute Gasteiger partial charge is 0.184 e. The number of halogens is 2. The molecule has 1 aromatic rings. The molecule has 0 radical (unpaired) electrons. The second-order valence-electron chi connectivity index (χ2n) is 2.36. The van der Waals surface area contributed by atoms with Gasteiger partial charge in [-0.2, -0.15) is 0 Å². The summed E-state index contributed by atoms with van der Waals surface area (Å²) in [4.78, 5) is 5.45. The van der Waals surface area contributed by atoms with Crippen molar-refractivity contribution >= 4 is 35.3 Å². The summed E-state index contributed by atoms with van der Waals surface area (Å²) in [6.07, 6.45) is 0. The van der Waals surface area contributed by atoms with E-state index < -0.39 is 0 Å². The van der Waals surface area contributed by atoms with E-state index in [1.54, 1.807) is 11.3 Å². The molecule has 5 heteroatoms. The number of nitrogens with zero attached hydrogens (tertiary/aromatic N) is 2. The lowest BCUT2D eigenvalue weighted by Crippen LogP contribution is -2.15. The van der Waals surface area contributed by atoms with Crippen LogP contribution in [0.4, 0.5) is 0 Å². The van der Waals surface area contributed by atoms with Crippen LogP contribution in [0.1, 0.15) is 19.5 Å². The van der Waals surface area contributed by atoms with Crippen LogP contribution in [-0.2, 0) is 12.4 Å². The van der Waals surface area contributed by atoms with Crippen molar-refractivity contribution < 1.29 is 0 Å². The van der Waals surface area contributed by atoms with Gasteiger partial charge in [-0.15, -0.1) is 35.3 Å². The van der Waals surface area contributed by atoms with Crippen molar-refractivity contribution in [3.63, 3.8) is 0 Å². The van der Waals surface area contributed by atoms with Crippen molar-refractivity contribution in [1.29, 1.82) is 0 Å². The average molecular weight is 241 g/mol. The molecule has 0 aromatic carbocycles. The van der Waals surface area contributed by atoms with Gasteiger partial charge in [-0.1, -0.05) is 0 Å². The number of rotatable bonds is 3. The first kappa shape index (κ1) is 13.0. The Labute approximate surface area is 93.7 Å². The molecule has 2 nitrogen and oxygen atoms in total. The summed E-state index contributed by atoms with van der Waals surface area (Å²) in [5.41, 5.74) is 1.16. The van der Waals surface area contributed by atoms with Gasteiger partial charge in [0.05, 0.1) is 5.88 Å². The minimum Gasteiger partial charge on any atom is -0.320 e. The summed E-state index contributed by atoms with van der Waals surface area (Å²) in [5, 5.41) is 2.07. The van der Waals surface area contributed by atoms with E-state index in [2.05, 4.69) is 21.9 Å². The molecular formula is C8H14Cl2N2S. The van der Waals surface area contributed by atoms with Crippen molar-refractivity contribution in [3.05, 3.63) is 15.9 Å². The number of hydrogen-bond donors (Lipinski definition) is 0. The number of hydrogen-bond acceptors (Lipinski definition) is 2. The van der Waals surface area contributed by atoms with E-state index in [1.807, 2.05) is 6.92 Å². The highest BCUT2D eigenvalue weighted by molar-refractivity contribution is 7.07. The van der Waals surface area contributed by atoms with Gasteiger partial charge < -0.3 is 4.57 Å². The Kier molecular flexibility index (Phi) is 6.47. The maximum Gasteiger partial charge on any atom is 0.184 e. The zero-order chi connectivity index (χ0) is 8.97. The Morgan fingerprint density at radius 2 is 2.23 bits per heavy atom. The molecule has 0 fully saturated rings. The van der Waals surface area contributed by atoms with Gasteiger partial charge >= 0.3 is 0 Å². The molecule has 0 unspecified atom stereocenters. The normalized spacial score (nSPS) is 11.5. The fourth-order valence-corrected chi connectivity index (χ4v) is 2.41. The molecule has 0 aliphatic heterocycles. The number of aromatic nitrogens is 1. The summed E-state index contributed by atoms with van der Waals surface area (Å²) in [5.74, 6) is 0.573. The van der Waals surface area contributed by atoms with Gasteiger partial charge in [-0.05, 0) is 13.8 Å². The minimum absolute atomic E-state index is 0. The highest BCUT2D eigenvalue weighted by Gasteiger charge is 2.00. The standard InChI is InChI=1S/C8H13ClN2S.ClH/c1-3-10-8-11(4-2)7(5-9)6-12-8;/h6H,3-5H2,1-2H3;1H/b10-8-;. The molecule has 0 aliphatic rings. The lowest BCUT2D eigenvalue weighted by molar-refractivity contribution is 0.699.